The van der Waals surface area contributed by atoms with Crippen molar-refractivity contribution < 1.29 is 14.6 Å². The van der Waals surface area contributed by atoms with Gasteiger partial charge in [-0.15, -0.1) is 0 Å². The minimum atomic E-state index is -0.390. The van der Waals surface area contributed by atoms with Crippen molar-refractivity contribution in [3.63, 3.8) is 0 Å². The molecule has 0 aliphatic heterocycles. The molecule has 0 amide bonds. The van der Waals surface area contributed by atoms with Crippen LogP contribution in [0.1, 0.15) is 27.2 Å². The van der Waals surface area contributed by atoms with Crippen molar-refractivity contribution in [1.82, 2.24) is 0 Å². The molecule has 12 heavy (non-hydrogen) atoms. The van der Waals surface area contributed by atoms with Crippen LogP contribution in [0.5, 0.6) is 0 Å². The summed E-state index contributed by atoms with van der Waals surface area (Å²) in [6, 6.07) is 0. The van der Waals surface area contributed by atoms with Crippen LogP contribution in [-0.2, 0) is 9.47 Å². The maximum Gasteiger partial charge on any atom is 0.0781 e. The van der Waals surface area contributed by atoms with Crippen LogP contribution in [0.4, 0.5) is 0 Å². The first kappa shape index (κ1) is 11.9. The Morgan fingerprint density at radius 1 is 1.25 bits per heavy atom. The minimum absolute atomic E-state index is 0.0751. The van der Waals surface area contributed by atoms with Gasteiger partial charge < -0.3 is 14.6 Å². The molecule has 0 aromatic carbocycles. The summed E-state index contributed by atoms with van der Waals surface area (Å²) in [5, 5.41) is 8.91. The Hall–Kier alpha value is -0.120. The number of ether oxygens (including phenoxy) is 2. The van der Waals surface area contributed by atoms with Crippen LogP contribution in [0.2, 0.25) is 0 Å². The molecule has 0 rings (SSSR count). The topological polar surface area (TPSA) is 38.7 Å². The van der Waals surface area contributed by atoms with Crippen LogP contribution in [0.25, 0.3) is 0 Å². The molecular formula is C9H20O3. The van der Waals surface area contributed by atoms with Gasteiger partial charge in [0, 0.05) is 6.61 Å². The van der Waals surface area contributed by atoms with Crippen LogP contribution < -0.4 is 0 Å². The van der Waals surface area contributed by atoms with Crippen molar-refractivity contribution in [2.45, 2.75) is 39.4 Å². The van der Waals surface area contributed by atoms with Crippen molar-refractivity contribution in [3.8, 4) is 0 Å². The van der Waals surface area contributed by atoms with Gasteiger partial charge in [0.2, 0.25) is 0 Å². The van der Waals surface area contributed by atoms with E-state index in [2.05, 4.69) is 6.92 Å². The van der Waals surface area contributed by atoms with E-state index < -0.39 is 6.10 Å². The highest BCUT2D eigenvalue weighted by molar-refractivity contribution is 4.49. The largest absolute Gasteiger partial charge is 0.391 e. The van der Waals surface area contributed by atoms with E-state index in [-0.39, 0.29) is 6.10 Å². The Kier molecular flexibility index (Phi) is 7.45. The lowest BCUT2D eigenvalue weighted by molar-refractivity contribution is -0.0363. The van der Waals surface area contributed by atoms with Gasteiger partial charge in [-0.1, -0.05) is 6.92 Å². The van der Waals surface area contributed by atoms with E-state index >= 15 is 0 Å². The summed E-state index contributed by atoms with van der Waals surface area (Å²) in [6.45, 7) is 7.50. The molecule has 0 aliphatic carbocycles. The monoisotopic (exact) mass is 176 g/mol. The van der Waals surface area contributed by atoms with Crippen molar-refractivity contribution in [2.75, 3.05) is 19.8 Å². The average molecular weight is 176 g/mol. The molecule has 74 valence electrons. The first-order valence-corrected chi connectivity index (χ1v) is 4.54. The lowest BCUT2D eigenvalue weighted by Crippen LogP contribution is -2.21. The van der Waals surface area contributed by atoms with Crippen molar-refractivity contribution >= 4 is 0 Å². The van der Waals surface area contributed by atoms with E-state index in [9.17, 15) is 0 Å². The van der Waals surface area contributed by atoms with E-state index in [4.69, 9.17) is 14.6 Å². The smallest absolute Gasteiger partial charge is 0.0781 e. The van der Waals surface area contributed by atoms with Gasteiger partial charge in [0.05, 0.1) is 25.4 Å². The molecule has 0 saturated heterocycles. The Balaban J connectivity index is 3.15. The molecule has 0 heterocycles. The fourth-order valence-corrected chi connectivity index (χ4v) is 0.745. The highest BCUT2D eigenvalue weighted by atomic mass is 16.5. The number of aliphatic hydroxyl groups is 1. The summed E-state index contributed by atoms with van der Waals surface area (Å²) in [4.78, 5) is 0. The van der Waals surface area contributed by atoms with Crippen LogP contribution >= 0.6 is 0 Å². The van der Waals surface area contributed by atoms with Gasteiger partial charge in [-0.05, 0) is 20.3 Å². The first-order valence-electron chi connectivity index (χ1n) is 4.54. The van der Waals surface area contributed by atoms with Gasteiger partial charge in [-0.3, -0.25) is 0 Å². The van der Waals surface area contributed by atoms with Gasteiger partial charge in [0.1, 0.15) is 0 Å². The molecule has 0 radical (unpaired) electrons. The third-order valence-electron chi connectivity index (χ3n) is 1.32. The highest BCUT2D eigenvalue weighted by Gasteiger charge is 2.03. The Bertz CT molecular complexity index is 93.8. The lowest BCUT2D eigenvalue weighted by Gasteiger charge is -2.14. The molecule has 0 fully saturated rings. The molecule has 0 spiro atoms. The zero-order chi connectivity index (χ0) is 9.40. The second-order valence-electron chi connectivity index (χ2n) is 3.07. The molecule has 3 nitrogen and oxygen atoms in total. The van der Waals surface area contributed by atoms with Crippen molar-refractivity contribution in [3.05, 3.63) is 0 Å². The van der Waals surface area contributed by atoms with Gasteiger partial charge in [-0.25, -0.2) is 0 Å². The van der Waals surface area contributed by atoms with Crippen LogP contribution in [-0.4, -0.2) is 37.1 Å². The van der Waals surface area contributed by atoms with E-state index in [0.717, 1.165) is 13.0 Å². The zero-order valence-corrected chi connectivity index (χ0v) is 8.25. The lowest BCUT2D eigenvalue weighted by atomic mass is 10.4. The molecule has 3 heteroatoms. The summed E-state index contributed by atoms with van der Waals surface area (Å²) in [5.41, 5.74) is 0. The second kappa shape index (κ2) is 7.53. The SMILES string of the molecule is CCCOC[C@H](C)OC[C@@H](C)O. The standard InChI is InChI=1S/C9H20O3/c1-4-5-11-7-9(3)12-6-8(2)10/h8-10H,4-7H2,1-3H3/t8-,9+/m1/s1. The summed E-state index contributed by atoms with van der Waals surface area (Å²) >= 11 is 0. The summed E-state index contributed by atoms with van der Waals surface area (Å²) in [6.07, 6.45) is 0.716. The Labute approximate surface area is 74.7 Å². The van der Waals surface area contributed by atoms with E-state index in [1.807, 2.05) is 6.92 Å². The number of rotatable bonds is 7. The maximum absolute atomic E-state index is 8.91. The second-order valence-corrected chi connectivity index (χ2v) is 3.07. The molecule has 0 bridgehead atoms. The Morgan fingerprint density at radius 2 is 1.92 bits per heavy atom. The molecule has 1 N–H and O–H groups in total. The summed E-state index contributed by atoms with van der Waals surface area (Å²) in [5.74, 6) is 0. The normalized spacial score (nSPS) is 16.0. The van der Waals surface area contributed by atoms with Crippen LogP contribution in [0, 0.1) is 0 Å². The predicted octanol–water partition coefficient (Wildman–Crippen LogP) is 1.20. The molecular weight excluding hydrogens is 156 g/mol. The quantitative estimate of drug-likeness (QED) is 0.592. The third kappa shape index (κ3) is 7.98. The zero-order valence-electron chi connectivity index (χ0n) is 8.25. The van der Waals surface area contributed by atoms with Crippen molar-refractivity contribution in [1.29, 1.82) is 0 Å². The maximum atomic E-state index is 8.91. The molecule has 0 unspecified atom stereocenters. The molecule has 0 saturated carbocycles. The van der Waals surface area contributed by atoms with Crippen LogP contribution in [0.3, 0.4) is 0 Å². The third-order valence-corrected chi connectivity index (χ3v) is 1.32. The van der Waals surface area contributed by atoms with Crippen molar-refractivity contribution in [2.24, 2.45) is 0 Å². The highest BCUT2D eigenvalue weighted by Crippen LogP contribution is 1.94. The number of hydrogen-bond donors (Lipinski definition) is 1. The predicted molar refractivity (Wildman–Crippen MR) is 48.2 cm³/mol. The van der Waals surface area contributed by atoms with Gasteiger partial charge in [0.15, 0.2) is 0 Å². The Morgan fingerprint density at radius 3 is 2.42 bits per heavy atom. The van der Waals surface area contributed by atoms with E-state index in [1.54, 1.807) is 6.92 Å². The molecule has 0 aromatic rings. The minimum Gasteiger partial charge on any atom is -0.391 e. The molecule has 0 aromatic heterocycles. The molecule has 2 atom stereocenters. The van der Waals surface area contributed by atoms with Crippen LogP contribution in [0.15, 0.2) is 0 Å². The summed E-state index contributed by atoms with van der Waals surface area (Å²) < 4.78 is 10.5. The fourth-order valence-electron chi connectivity index (χ4n) is 0.745. The van der Waals surface area contributed by atoms with E-state index in [0.29, 0.717) is 13.2 Å². The summed E-state index contributed by atoms with van der Waals surface area (Å²) in [7, 11) is 0. The number of hydrogen-bond acceptors (Lipinski definition) is 3. The average Bonchev–Trinajstić information content (AvgIpc) is 2.01. The van der Waals surface area contributed by atoms with Gasteiger partial charge in [0.25, 0.3) is 0 Å². The van der Waals surface area contributed by atoms with Gasteiger partial charge in [-0.2, -0.15) is 0 Å². The molecule has 0 aliphatic rings. The fraction of sp³-hybridized carbons (Fsp3) is 1.00. The number of aliphatic hydroxyl groups excluding tert-OH is 1. The van der Waals surface area contributed by atoms with Gasteiger partial charge >= 0.3 is 0 Å². The van der Waals surface area contributed by atoms with E-state index in [1.165, 1.54) is 0 Å². The first-order chi connectivity index (χ1) is 5.66.